The van der Waals surface area contributed by atoms with Crippen molar-refractivity contribution in [1.29, 1.82) is 0 Å². The molecular weight excluding hydrogens is 143 g/mol. The van der Waals surface area contributed by atoms with Gasteiger partial charge in [0, 0.05) is 24.7 Å². The van der Waals surface area contributed by atoms with E-state index in [1.54, 1.807) is 6.20 Å². The molecule has 0 amide bonds. The van der Waals surface area contributed by atoms with E-state index in [0.717, 1.165) is 11.3 Å². The van der Waals surface area contributed by atoms with E-state index < -0.39 is 6.17 Å². The van der Waals surface area contributed by atoms with E-state index in [0.29, 0.717) is 12.8 Å². The number of pyridine rings is 1. The van der Waals surface area contributed by atoms with Crippen molar-refractivity contribution in [2.45, 2.75) is 19.0 Å². The van der Waals surface area contributed by atoms with Crippen molar-refractivity contribution in [3.05, 3.63) is 29.6 Å². The van der Waals surface area contributed by atoms with Crippen molar-refractivity contribution in [1.82, 2.24) is 11.1 Å². The molecule has 1 atom stereocenters. The molecule has 1 unspecified atom stereocenters. The zero-order valence-electron chi connectivity index (χ0n) is 6.26. The largest absolute Gasteiger partial charge is 0.344 e. The summed E-state index contributed by atoms with van der Waals surface area (Å²) >= 11 is 0. The van der Waals surface area contributed by atoms with Crippen LogP contribution in [-0.2, 0) is 12.8 Å². The van der Waals surface area contributed by atoms with Gasteiger partial charge in [-0.15, -0.1) is 0 Å². The van der Waals surface area contributed by atoms with Crippen molar-refractivity contribution in [3.8, 4) is 0 Å². The van der Waals surface area contributed by atoms with Crippen LogP contribution in [0.4, 0.5) is 4.39 Å². The number of alkyl halides is 1. The number of aromatic nitrogens is 1. The van der Waals surface area contributed by atoms with Gasteiger partial charge in [0.2, 0.25) is 0 Å². The SMILES string of the molecule is FC1Cc2cccnc2C1.N. The van der Waals surface area contributed by atoms with E-state index in [2.05, 4.69) is 4.98 Å². The maximum atomic E-state index is 12.7. The zero-order valence-corrected chi connectivity index (χ0v) is 6.26. The molecule has 2 nitrogen and oxygen atoms in total. The van der Waals surface area contributed by atoms with Gasteiger partial charge < -0.3 is 6.15 Å². The molecule has 0 bridgehead atoms. The van der Waals surface area contributed by atoms with Gasteiger partial charge in [0.15, 0.2) is 0 Å². The van der Waals surface area contributed by atoms with E-state index >= 15 is 0 Å². The lowest BCUT2D eigenvalue weighted by molar-refractivity contribution is 0.348. The standard InChI is InChI=1S/C8H8FN.H3N/c9-7-4-6-2-1-3-10-8(6)5-7;/h1-3,7H,4-5H2;1H3. The van der Waals surface area contributed by atoms with E-state index in [9.17, 15) is 4.39 Å². The van der Waals surface area contributed by atoms with Crippen molar-refractivity contribution in [3.63, 3.8) is 0 Å². The highest BCUT2D eigenvalue weighted by Crippen LogP contribution is 2.21. The number of halogens is 1. The summed E-state index contributed by atoms with van der Waals surface area (Å²) in [5, 5.41) is 0. The summed E-state index contributed by atoms with van der Waals surface area (Å²) in [4.78, 5) is 4.07. The number of nitrogens with zero attached hydrogens (tertiary/aromatic N) is 1. The molecule has 1 aromatic rings. The maximum Gasteiger partial charge on any atom is 0.110 e. The van der Waals surface area contributed by atoms with Gasteiger partial charge in [-0.2, -0.15) is 0 Å². The van der Waals surface area contributed by atoms with Crippen LogP contribution >= 0.6 is 0 Å². The van der Waals surface area contributed by atoms with E-state index in [-0.39, 0.29) is 6.15 Å². The van der Waals surface area contributed by atoms with E-state index in [1.807, 2.05) is 12.1 Å². The van der Waals surface area contributed by atoms with E-state index in [4.69, 9.17) is 0 Å². The fourth-order valence-corrected chi connectivity index (χ4v) is 1.36. The first kappa shape index (κ1) is 8.14. The minimum atomic E-state index is -0.690. The Balaban J connectivity index is 0.000000605. The highest BCUT2D eigenvalue weighted by molar-refractivity contribution is 5.26. The van der Waals surface area contributed by atoms with Gasteiger partial charge in [-0.05, 0) is 11.6 Å². The Hall–Kier alpha value is -0.960. The van der Waals surface area contributed by atoms with Gasteiger partial charge in [0.1, 0.15) is 6.17 Å². The number of hydrogen-bond donors (Lipinski definition) is 1. The molecular formula is C8H11FN2. The number of rotatable bonds is 0. The summed E-state index contributed by atoms with van der Waals surface area (Å²) in [5.74, 6) is 0. The summed E-state index contributed by atoms with van der Waals surface area (Å²) in [6.45, 7) is 0. The Labute approximate surface area is 65.0 Å². The fraction of sp³-hybridized carbons (Fsp3) is 0.375. The molecule has 1 aliphatic rings. The van der Waals surface area contributed by atoms with Crippen LogP contribution in [0.25, 0.3) is 0 Å². The lowest BCUT2D eigenvalue weighted by Gasteiger charge is -1.91. The summed E-state index contributed by atoms with van der Waals surface area (Å²) in [5.41, 5.74) is 2.02. The molecule has 11 heavy (non-hydrogen) atoms. The topological polar surface area (TPSA) is 47.9 Å². The lowest BCUT2D eigenvalue weighted by Crippen LogP contribution is -1.96. The Morgan fingerprint density at radius 1 is 1.45 bits per heavy atom. The minimum absolute atomic E-state index is 0. The van der Waals surface area contributed by atoms with Crippen molar-refractivity contribution in [2.75, 3.05) is 0 Å². The second-order valence-corrected chi connectivity index (χ2v) is 2.61. The third kappa shape index (κ3) is 1.38. The van der Waals surface area contributed by atoms with Gasteiger partial charge >= 0.3 is 0 Å². The van der Waals surface area contributed by atoms with Gasteiger partial charge in [0.25, 0.3) is 0 Å². The molecule has 0 spiro atoms. The first-order chi connectivity index (χ1) is 4.86. The van der Waals surface area contributed by atoms with Crippen molar-refractivity contribution in [2.24, 2.45) is 0 Å². The van der Waals surface area contributed by atoms with Gasteiger partial charge in [-0.3, -0.25) is 4.98 Å². The monoisotopic (exact) mass is 154 g/mol. The van der Waals surface area contributed by atoms with Crippen LogP contribution in [-0.4, -0.2) is 11.2 Å². The highest BCUT2D eigenvalue weighted by Gasteiger charge is 2.20. The van der Waals surface area contributed by atoms with Gasteiger partial charge in [-0.25, -0.2) is 4.39 Å². The van der Waals surface area contributed by atoms with Crippen LogP contribution in [0.15, 0.2) is 18.3 Å². The first-order valence-electron chi connectivity index (χ1n) is 3.43. The highest BCUT2D eigenvalue weighted by atomic mass is 19.1. The predicted molar refractivity (Wildman–Crippen MR) is 41.6 cm³/mol. The lowest BCUT2D eigenvalue weighted by atomic mass is 10.2. The molecule has 0 fully saturated rings. The van der Waals surface area contributed by atoms with Crippen LogP contribution in [0.2, 0.25) is 0 Å². The molecule has 3 heteroatoms. The Bertz CT molecular complexity index is 225. The number of hydrogen-bond acceptors (Lipinski definition) is 2. The van der Waals surface area contributed by atoms with Crippen LogP contribution in [0, 0.1) is 0 Å². The molecule has 0 aromatic carbocycles. The van der Waals surface area contributed by atoms with Crippen LogP contribution < -0.4 is 6.15 Å². The van der Waals surface area contributed by atoms with Crippen LogP contribution in [0.3, 0.4) is 0 Å². The third-order valence-corrected chi connectivity index (χ3v) is 1.84. The molecule has 1 heterocycles. The Morgan fingerprint density at radius 2 is 2.27 bits per heavy atom. The molecule has 3 N–H and O–H groups in total. The minimum Gasteiger partial charge on any atom is -0.344 e. The second-order valence-electron chi connectivity index (χ2n) is 2.61. The van der Waals surface area contributed by atoms with Crippen LogP contribution in [0.1, 0.15) is 11.3 Å². The molecule has 1 aliphatic carbocycles. The molecule has 0 aliphatic heterocycles. The van der Waals surface area contributed by atoms with E-state index in [1.165, 1.54) is 0 Å². The fourth-order valence-electron chi connectivity index (χ4n) is 1.36. The summed E-state index contributed by atoms with van der Waals surface area (Å²) in [6.07, 6.45) is 2.10. The third-order valence-electron chi connectivity index (χ3n) is 1.84. The van der Waals surface area contributed by atoms with Crippen LogP contribution in [0.5, 0.6) is 0 Å². The second kappa shape index (κ2) is 2.96. The summed E-state index contributed by atoms with van der Waals surface area (Å²) in [7, 11) is 0. The summed E-state index contributed by atoms with van der Waals surface area (Å²) < 4.78 is 12.7. The zero-order chi connectivity index (χ0) is 6.97. The Morgan fingerprint density at radius 3 is 3.00 bits per heavy atom. The molecule has 0 saturated carbocycles. The molecule has 2 rings (SSSR count). The maximum absolute atomic E-state index is 12.7. The van der Waals surface area contributed by atoms with Crippen molar-refractivity contribution >= 4 is 0 Å². The molecule has 0 saturated heterocycles. The van der Waals surface area contributed by atoms with Crippen molar-refractivity contribution < 1.29 is 4.39 Å². The summed E-state index contributed by atoms with van der Waals surface area (Å²) in [6, 6.07) is 3.80. The van der Waals surface area contributed by atoms with Gasteiger partial charge in [-0.1, -0.05) is 6.07 Å². The average molecular weight is 154 g/mol. The average Bonchev–Trinajstić information content (AvgIpc) is 2.27. The molecule has 60 valence electrons. The van der Waals surface area contributed by atoms with Gasteiger partial charge in [0.05, 0.1) is 0 Å². The smallest absolute Gasteiger partial charge is 0.110 e. The molecule has 1 aromatic heterocycles. The normalized spacial score (nSPS) is 20.6. The number of fused-ring (bicyclic) bond motifs is 1. The quantitative estimate of drug-likeness (QED) is 0.618. The first-order valence-corrected chi connectivity index (χ1v) is 3.43. The Kier molecular flexibility index (Phi) is 2.19. The predicted octanol–water partition coefficient (Wildman–Crippen LogP) is 1.68. The molecule has 0 radical (unpaired) electrons.